The Morgan fingerprint density at radius 1 is 1.14 bits per heavy atom. The van der Waals surface area contributed by atoms with Crippen LogP contribution in [0.2, 0.25) is 0 Å². The lowest BCUT2D eigenvalue weighted by Gasteiger charge is -2.15. The van der Waals surface area contributed by atoms with Crippen LogP contribution in [0.25, 0.3) is 5.69 Å². The molecule has 0 saturated carbocycles. The summed E-state index contributed by atoms with van der Waals surface area (Å²) in [5.41, 5.74) is 2.31. The molecule has 1 atom stereocenters. The van der Waals surface area contributed by atoms with Gasteiger partial charge in [-0.05, 0) is 36.8 Å². The maximum atomic E-state index is 12.2. The second kappa shape index (κ2) is 9.50. The number of amides is 2. The predicted molar refractivity (Wildman–Crippen MR) is 108 cm³/mol. The van der Waals surface area contributed by atoms with E-state index in [4.69, 9.17) is 4.74 Å². The lowest BCUT2D eigenvalue weighted by atomic mass is 10.1. The highest BCUT2D eigenvalue weighted by Gasteiger charge is 2.13. The fourth-order valence-corrected chi connectivity index (χ4v) is 2.87. The van der Waals surface area contributed by atoms with Gasteiger partial charge in [0.25, 0.3) is 5.91 Å². The van der Waals surface area contributed by atoms with Crippen LogP contribution < -0.4 is 15.4 Å². The van der Waals surface area contributed by atoms with E-state index < -0.39 is 0 Å². The van der Waals surface area contributed by atoms with Crippen molar-refractivity contribution in [1.82, 2.24) is 25.4 Å². The van der Waals surface area contributed by atoms with Gasteiger partial charge < -0.3 is 15.4 Å². The number of hydrogen-bond acceptors (Lipinski definition) is 5. The van der Waals surface area contributed by atoms with E-state index in [9.17, 15) is 9.59 Å². The summed E-state index contributed by atoms with van der Waals surface area (Å²) in [5.74, 6) is 0.0857. The Morgan fingerprint density at radius 3 is 2.59 bits per heavy atom. The predicted octanol–water partition coefficient (Wildman–Crippen LogP) is 2.27. The molecule has 0 radical (unpaired) electrons. The van der Waals surface area contributed by atoms with Crippen molar-refractivity contribution in [3.63, 3.8) is 0 Å². The minimum absolute atomic E-state index is 0.141. The second-order valence-electron chi connectivity index (χ2n) is 6.43. The molecule has 0 aliphatic carbocycles. The van der Waals surface area contributed by atoms with Gasteiger partial charge in [0.05, 0.1) is 24.4 Å². The van der Waals surface area contributed by atoms with Gasteiger partial charge >= 0.3 is 0 Å². The average Bonchev–Trinajstić information content (AvgIpc) is 3.28. The van der Waals surface area contributed by atoms with Crippen LogP contribution in [-0.2, 0) is 4.79 Å². The van der Waals surface area contributed by atoms with Crippen LogP contribution in [-0.4, -0.2) is 40.2 Å². The Labute approximate surface area is 168 Å². The van der Waals surface area contributed by atoms with Gasteiger partial charge in [-0.25, -0.2) is 9.67 Å². The molecule has 0 bridgehead atoms. The van der Waals surface area contributed by atoms with Crippen molar-refractivity contribution >= 4 is 11.8 Å². The van der Waals surface area contributed by atoms with Crippen LogP contribution in [0, 0.1) is 0 Å². The Kier molecular flexibility index (Phi) is 6.57. The number of rotatable bonds is 8. The number of nitrogens with zero attached hydrogens (tertiary/aromatic N) is 3. The number of aromatic nitrogens is 3. The largest absolute Gasteiger partial charge is 0.496 e. The zero-order valence-electron chi connectivity index (χ0n) is 16.3. The normalized spacial score (nSPS) is 11.5. The van der Waals surface area contributed by atoms with E-state index in [1.807, 2.05) is 31.2 Å². The standard InChI is InChI=1S/C21H23N5O3/c1-15(16-7-9-17(10-8-16)26-14-22-13-24-26)25-20(27)11-12-23-21(28)18-5-3-4-6-19(18)29-2/h3-10,13-15H,11-12H2,1-2H3,(H,23,28)(H,25,27)/t15-/m0/s1. The van der Waals surface area contributed by atoms with Crippen LogP contribution in [0.3, 0.4) is 0 Å². The van der Waals surface area contributed by atoms with E-state index >= 15 is 0 Å². The highest BCUT2D eigenvalue weighted by Crippen LogP contribution is 2.17. The minimum Gasteiger partial charge on any atom is -0.496 e. The van der Waals surface area contributed by atoms with Gasteiger partial charge in [-0.2, -0.15) is 5.10 Å². The van der Waals surface area contributed by atoms with E-state index in [1.54, 1.807) is 35.3 Å². The fraction of sp³-hybridized carbons (Fsp3) is 0.238. The van der Waals surface area contributed by atoms with E-state index in [2.05, 4.69) is 20.7 Å². The molecule has 0 fully saturated rings. The molecule has 1 aromatic heterocycles. The average molecular weight is 393 g/mol. The molecule has 29 heavy (non-hydrogen) atoms. The summed E-state index contributed by atoms with van der Waals surface area (Å²) < 4.78 is 6.84. The SMILES string of the molecule is COc1ccccc1C(=O)NCCC(=O)N[C@@H](C)c1ccc(-n2cncn2)cc1. The highest BCUT2D eigenvalue weighted by atomic mass is 16.5. The van der Waals surface area contributed by atoms with Crippen LogP contribution in [0.15, 0.2) is 61.2 Å². The first-order valence-electron chi connectivity index (χ1n) is 9.24. The second-order valence-corrected chi connectivity index (χ2v) is 6.43. The molecular weight excluding hydrogens is 370 g/mol. The fourth-order valence-electron chi connectivity index (χ4n) is 2.87. The molecular formula is C21H23N5O3. The Morgan fingerprint density at radius 2 is 1.90 bits per heavy atom. The first-order valence-corrected chi connectivity index (χ1v) is 9.24. The first kappa shape index (κ1) is 20.1. The van der Waals surface area contributed by atoms with E-state index in [-0.39, 0.29) is 30.8 Å². The van der Waals surface area contributed by atoms with E-state index in [0.29, 0.717) is 11.3 Å². The number of benzene rings is 2. The van der Waals surface area contributed by atoms with Crippen molar-refractivity contribution in [2.24, 2.45) is 0 Å². The molecule has 8 nitrogen and oxygen atoms in total. The van der Waals surface area contributed by atoms with E-state index in [1.165, 1.54) is 13.4 Å². The molecule has 2 aromatic carbocycles. The summed E-state index contributed by atoms with van der Waals surface area (Å²) in [5, 5.41) is 9.77. The van der Waals surface area contributed by atoms with Gasteiger partial charge in [0.15, 0.2) is 0 Å². The zero-order valence-corrected chi connectivity index (χ0v) is 16.3. The molecule has 3 rings (SSSR count). The number of ether oxygens (including phenoxy) is 1. The van der Waals surface area contributed by atoms with Gasteiger partial charge in [0.1, 0.15) is 18.4 Å². The minimum atomic E-state index is -0.271. The Balaban J connectivity index is 1.47. The van der Waals surface area contributed by atoms with Gasteiger partial charge in [-0.1, -0.05) is 24.3 Å². The lowest BCUT2D eigenvalue weighted by molar-refractivity contribution is -0.121. The van der Waals surface area contributed by atoms with Crippen molar-refractivity contribution in [1.29, 1.82) is 0 Å². The first-order chi connectivity index (χ1) is 14.1. The molecule has 2 amide bonds. The van der Waals surface area contributed by atoms with Crippen molar-refractivity contribution in [2.75, 3.05) is 13.7 Å². The smallest absolute Gasteiger partial charge is 0.255 e. The summed E-state index contributed by atoms with van der Waals surface area (Å²) in [6.07, 6.45) is 3.28. The molecule has 0 aliphatic rings. The quantitative estimate of drug-likeness (QED) is 0.612. The molecule has 3 aromatic rings. The van der Waals surface area contributed by atoms with Crippen molar-refractivity contribution in [2.45, 2.75) is 19.4 Å². The number of nitrogens with one attached hydrogen (secondary N) is 2. The lowest BCUT2D eigenvalue weighted by Crippen LogP contribution is -2.32. The Bertz CT molecular complexity index is 955. The van der Waals surface area contributed by atoms with E-state index in [0.717, 1.165) is 11.3 Å². The number of carbonyl (C=O) groups excluding carboxylic acids is 2. The third-order valence-corrected chi connectivity index (χ3v) is 4.44. The maximum absolute atomic E-state index is 12.2. The molecule has 0 aliphatic heterocycles. The van der Waals surface area contributed by atoms with Crippen LogP contribution >= 0.6 is 0 Å². The van der Waals surface area contributed by atoms with Crippen LogP contribution in [0.1, 0.15) is 35.3 Å². The molecule has 1 heterocycles. The van der Waals surface area contributed by atoms with Gasteiger partial charge in [-0.3, -0.25) is 9.59 Å². The third kappa shape index (κ3) is 5.19. The highest BCUT2D eigenvalue weighted by molar-refractivity contribution is 5.97. The number of hydrogen-bond donors (Lipinski definition) is 2. The third-order valence-electron chi connectivity index (χ3n) is 4.44. The molecule has 0 saturated heterocycles. The topological polar surface area (TPSA) is 98.1 Å². The van der Waals surface area contributed by atoms with Crippen molar-refractivity contribution < 1.29 is 14.3 Å². The summed E-state index contributed by atoms with van der Waals surface area (Å²) in [4.78, 5) is 28.4. The van der Waals surface area contributed by atoms with Gasteiger partial charge in [0.2, 0.25) is 5.91 Å². The summed E-state index contributed by atoms with van der Waals surface area (Å²) in [7, 11) is 1.51. The molecule has 8 heteroatoms. The molecule has 0 spiro atoms. The number of para-hydroxylation sites is 1. The number of methoxy groups -OCH3 is 1. The van der Waals surface area contributed by atoms with Crippen LogP contribution in [0.5, 0.6) is 5.75 Å². The van der Waals surface area contributed by atoms with Crippen molar-refractivity contribution in [3.05, 3.63) is 72.3 Å². The van der Waals surface area contributed by atoms with Gasteiger partial charge in [0, 0.05) is 13.0 Å². The number of carbonyl (C=O) groups is 2. The monoisotopic (exact) mass is 393 g/mol. The van der Waals surface area contributed by atoms with Gasteiger partial charge in [-0.15, -0.1) is 0 Å². The van der Waals surface area contributed by atoms with Crippen molar-refractivity contribution in [3.8, 4) is 11.4 Å². The summed E-state index contributed by atoms with van der Waals surface area (Å²) in [6, 6.07) is 14.5. The zero-order chi connectivity index (χ0) is 20.6. The molecule has 150 valence electrons. The summed E-state index contributed by atoms with van der Waals surface area (Å²) >= 11 is 0. The molecule has 2 N–H and O–H groups in total. The maximum Gasteiger partial charge on any atom is 0.255 e. The van der Waals surface area contributed by atoms with Crippen LogP contribution in [0.4, 0.5) is 0 Å². The molecule has 0 unspecified atom stereocenters. The summed E-state index contributed by atoms with van der Waals surface area (Å²) in [6.45, 7) is 2.15. The Hall–Kier alpha value is -3.68.